The molecular formula is C14H14N4O3. The molecule has 0 saturated heterocycles. The van der Waals surface area contributed by atoms with E-state index in [9.17, 15) is 14.9 Å². The molecule has 7 nitrogen and oxygen atoms in total. The first-order valence-electron chi connectivity index (χ1n) is 6.22. The van der Waals surface area contributed by atoms with Gasteiger partial charge in [-0.3, -0.25) is 19.9 Å². The molecule has 0 saturated carbocycles. The fraction of sp³-hybridized carbons (Fsp3) is 0.143. The first-order valence-corrected chi connectivity index (χ1v) is 6.22. The minimum absolute atomic E-state index is 0.0160. The highest BCUT2D eigenvalue weighted by Crippen LogP contribution is 2.22. The SMILES string of the molecule is Cc1cc(NC(=O)c2ccnc(CN)c2)ccc1[N+](=O)[O-]. The molecule has 2 rings (SSSR count). The van der Waals surface area contributed by atoms with Crippen LogP contribution in [0.4, 0.5) is 11.4 Å². The summed E-state index contributed by atoms with van der Waals surface area (Å²) < 4.78 is 0. The fourth-order valence-electron chi connectivity index (χ4n) is 1.87. The lowest BCUT2D eigenvalue weighted by Crippen LogP contribution is -2.13. The summed E-state index contributed by atoms with van der Waals surface area (Å²) in [5, 5.41) is 13.4. The predicted molar refractivity (Wildman–Crippen MR) is 77.9 cm³/mol. The molecule has 0 spiro atoms. The van der Waals surface area contributed by atoms with Crippen molar-refractivity contribution >= 4 is 17.3 Å². The highest BCUT2D eigenvalue weighted by atomic mass is 16.6. The number of amides is 1. The Morgan fingerprint density at radius 3 is 2.76 bits per heavy atom. The highest BCUT2D eigenvalue weighted by Gasteiger charge is 2.12. The molecule has 1 aromatic heterocycles. The first-order chi connectivity index (χ1) is 10.0. The summed E-state index contributed by atoms with van der Waals surface area (Å²) in [5.41, 5.74) is 7.52. The largest absolute Gasteiger partial charge is 0.325 e. The molecule has 0 aliphatic heterocycles. The number of anilines is 1. The zero-order chi connectivity index (χ0) is 15.4. The van der Waals surface area contributed by atoms with E-state index in [1.165, 1.54) is 18.3 Å². The molecule has 0 bridgehead atoms. The number of aryl methyl sites for hydroxylation is 1. The normalized spacial score (nSPS) is 10.2. The number of carbonyl (C=O) groups is 1. The van der Waals surface area contributed by atoms with Crippen molar-refractivity contribution in [3.8, 4) is 0 Å². The van der Waals surface area contributed by atoms with Crippen molar-refractivity contribution in [3.63, 3.8) is 0 Å². The summed E-state index contributed by atoms with van der Waals surface area (Å²) in [5.74, 6) is -0.319. The Balaban J connectivity index is 2.19. The molecule has 1 aromatic carbocycles. The van der Waals surface area contributed by atoms with Crippen LogP contribution in [0.3, 0.4) is 0 Å². The number of nitro groups is 1. The smallest absolute Gasteiger partial charge is 0.272 e. The van der Waals surface area contributed by atoms with Gasteiger partial charge in [0, 0.05) is 35.6 Å². The van der Waals surface area contributed by atoms with Crippen molar-refractivity contribution in [1.82, 2.24) is 4.98 Å². The van der Waals surface area contributed by atoms with Gasteiger partial charge in [-0.1, -0.05) is 0 Å². The van der Waals surface area contributed by atoms with Crippen LogP contribution in [-0.4, -0.2) is 15.8 Å². The van der Waals surface area contributed by atoms with Crippen LogP contribution in [0, 0.1) is 17.0 Å². The van der Waals surface area contributed by atoms with Gasteiger partial charge in [0.25, 0.3) is 11.6 Å². The number of aromatic nitrogens is 1. The molecule has 0 fully saturated rings. The summed E-state index contributed by atoms with van der Waals surface area (Å²) in [6, 6.07) is 7.60. The maximum absolute atomic E-state index is 12.1. The zero-order valence-corrected chi connectivity index (χ0v) is 11.4. The second-order valence-corrected chi connectivity index (χ2v) is 4.45. The molecule has 0 aliphatic carbocycles. The molecule has 0 unspecified atom stereocenters. The number of carbonyl (C=O) groups excluding carboxylic acids is 1. The Morgan fingerprint density at radius 1 is 1.38 bits per heavy atom. The van der Waals surface area contributed by atoms with Crippen molar-refractivity contribution in [2.45, 2.75) is 13.5 Å². The van der Waals surface area contributed by atoms with Gasteiger partial charge in [-0.15, -0.1) is 0 Å². The van der Waals surface area contributed by atoms with Crippen LogP contribution < -0.4 is 11.1 Å². The van der Waals surface area contributed by atoms with Crippen molar-refractivity contribution in [2.24, 2.45) is 5.73 Å². The fourth-order valence-corrected chi connectivity index (χ4v) is 1.87. The zero-order valence-electron chi connectivity index (χ0n) is 11.4. The Kier molecular flexibility index (Phi) is 4.24. The first kappa shape index (κ1) is 14.6. The quantitative estimate of drug-likeness (QED) is 0.659. The molecule has 1 heterocycles. The van der Waals surface area contributed by atoms with Crippen LogP contribution in [0.2, 0.25) is 0 Å². The van der Waals surface area contributed by atoms with E-state index in [0.717, 1.165) is 0 Å². The van der Waals surface area contributed by atoms with Gasteiger partial charge in [0.15, 0.2) is 0 Å². The van der Waals surface area contributed by atoms with E-state index in [2.05, 4.69) is 10.3 Å². The minimum atomic E-state index is -0.461. The van der Waals surface area contributed by atoms with Gasteiger partial charge in [0.1, 0.15) is 0 Å². The van der Waals surface area contributed by atoms with Gasteiger partial charge < -0.3 is 11.1 Å². The van der Waals surface area contributed by atoms with E-state index in [4.69, 9.17) is 5.73 Å². The topological polar surface area (TPSA) is 111 Å². The van der Waals surface area contributed by atoms with Gasteiger partial charge in [-0.25, -0.2) is 0 Å². The van der Waals surface area contributed by atoms with Gasteiger partial charge >= 0.3 is 0 Å². The summed E-state index contributed by atoms with van der Waals surface area (Å²) in [6.45, 7) is 1.87. The van der Waals surface area contributed by atoms with Crippen molar-refractivity contribution < 1.29 is 9.72 Å². The Bertz CT molecular complexity index is 700. The van der Waals surface area contributed by atoms with E-state index < -0.39 is 4.92 Å². The van der Waals surface area contributed by atoms with E-state index in [1.807, 2.05) is 0 Å². The summed E-state index contributed by atoms with van der Waals surface area (Å²) >= 11 is 0. The average Bonchev–Trinajstić information content (AvgIpc) is 2.47. The number of hydrogen-bond acceptors (Lipinski definition) is 5. The van der Waals surface area contributed by atoms with Gasteiger partial charge in [-0.05, 0) is 31.2 Å². The Hall–Kier alpha value is -2.80. The second kappa shape index (κ2) is 6.10. The van der Waals surface area contributed by atoms with Crippen LogP contribution in [0.15, 0.2) is 36.5 Å². The second-order valence-electron chi connectivity index (χ2n) is 4.45. The van der Waals surface area contributed by atoms with Crippen molar-refractivity contribution in [2.75, 3.05) is 5.32 Å². The lowest BCUT2D eigenvalue weighted by molar-refractivity contribution is -0.385. The molecule has 0 atom stereocenters. The molecule has 21 heavy (non-hydrogen) atoms. The van der Waals surface area contributed by atoms with Crippen LogP contribution in [0.25, 0.3) is 0 Å². The number of nitro benzene ring substituents is 1. The number of nitrogens with two attached hydrogens (primary N) is 1. The Labute approximate surface area is 121 Å². The van der Waals surface area contributed by atoms with Gasteiger partial charge in [0.05, 0.1) is 10.6 Å². The third-order valence-corrected chi connectivity index (χ3v) is 2.94. The monoisotopic (exact) mass is 286 g/mol. The van der Waals surface area contributed by atoms with E-state index >= 15 is 0 Å². The van der Waals surface area contributed by atoms with Crippen LogP contribution in [-0.2, 0) is 6.54 Å². The van der Waals surface area contributed by atoms with Crippen LogP contribution in [0.1, 0.15) is 21.6 Å². The number of nitrogens with zero attached hydrogens (tertiary/aromatic N) is 2. The predicted octanol–water partition coefficient (Wildman–Crippen LogP) is 2.01. The number of hydrogen-bond donors (Lipinski definition) is 2. The Morgan fingerprint density at radius 2 is 2.14 bits per heavy atom. The van der Waals surface area contributed by atoms with E-state index in [1.54, 1.807) is 25.1 Å². The summed E-state index contributed by atoms with van der Waals surface area (Å²) in [7, 11) is 0. The number of benzene rings is 1. The molecule has 7 heteroatoms. The third kappa shape index (κ3) is 3.40. The minimum Gasteiger partial charge on any atom is -0.325 e. The van der Waals surface area contributed by atoms with Gasteiger partial charge in [-0.2, -0.15) is 0 Å². The summed E-state index contributed by atoms with van der Waals surface area (Å²) in [6.07, 6.45) is 1.51. The van der Waals surface area contributed by atoms with Crippen LogP contribution >= 0.6 is 0 Å². The number of pyridine rings is 1. The van der Waals surface area contributed by atoms with Crippen molar-refractivity contribution in [1.29, 1.82) is 0 Å². The van der Waals surface area contributed by atoms with Crippen molar-refractivity contribution in [3.05, 3.63) is 63.5 Å². The highest BCUT2D eigenvalue weighted by molar-refractivity contribution is 6.04. The molecule has 3 N–H and O–H groups in total. The average molecular weight is 286 g/mol. The molecule has 0 aliphatic rings. The maximum atomic E-state index is 12.1. The van der Waals surface area contributed by atoms with E-state index in [-0.39, 0.29) is 18.1 Å². The molecule has 1 amide bonds. The molecule has 2 aromatic rings. The van der Waals surface area contributed by atoms with E-state index in [0.29, 0.717) is 22.5 Å². The molecule has 108 valence electrons. The van der Waals surface area contributed by atoms with Gasteiger partial charge in [0.2, 0.25) is 0 Å². The number of rotatable bonds is 4. The molecule has 0 radical (unpaired) electrons. The standard InChI is InChI=1S/C14H14N4O3/c1-9-6-11(2-3-13(9)18(20)21)17-14(19)10-4-5-16-12(7-10)8-15/h2-7H,8,15H2,1H3,(H,17,19). The maximum Gasteiger partial charge on any atom is 0.272 e. The lowest BCUT2D eigenvalue weighted by atomic mass is 10.1. The number of nitrogens with one attached hydrogen (secondary N) is 1. The summed E-state index contributed by atoms with van der Waals surface area (Å²) in [4.78, 5) is 26.4. The third-order valence-electron chi connectivity index (χ3n) is 2.94. The molecular weight excluding hydrogens is 272 g/mol. The van der Waals surface area contributed by atoms with Crippen LogP contribution in [0.5, 0.6) is 0 Å². The lowest BCUT2D eigenvalue weighted by Gasteiger charge is -2.07.